The summed E-state index contributed by atoms with van der Waals surface area (Å²) >= 11 is 5.62. The van der Waals surface area contributed by atoms with Gasteiger partial charge in [-0.15, -0.1) is 0 Å². The summed E-state index contributed by atoms with van der Waals surface area (Å²) in [5.74, 6) is 1.55. The van der Waals surface area contributed by atoms with Crippen molar-refractivity contribution in [1.29, 1.82) is 0 Å². The number of hydrogen-bond acceptors (Lipinski definition) is 4. The number of thiocarbonyl (C=S) groups is 1. The number of pyridine rings is 1. The fraction of sp³-hybridized carbons (Fsp3) is 0.217. The van der Waals surface area contributed by atoms with E-state index < -0.39 is 0 Å². The van der Waals surface area contributed by atoms with E-state index in [0.29, 0.717) is 30.3 Å². The Morgan fingerprint density at radius 1 is 1.07 bits per heavy atom. The normalized spacial score (nSPS) is 11.0. The SMILES string of the molecule is Cc1ccc2cc(CN(Cc3ccco3)C(=S)NCc3ccco3)c(=O)[nH]c2c1C. The van der Waals surface area contributed by atoms with Gasteiger partial charge in [0.2, 0.25) is 0 Å². The van der Waals surface area contributed by atoms with E-state index in [9.17, 15) is 4.79 Å². The number of aromatic nitrogens is 1. The van der Waals surface area contributed by atoms with Gasteiger partial charge in [-0.05, 0) is 72.9 Å². The third kappa shape index (κ3) is 4.31. The molecular formula is C23H23N3O3S. The van der Waals surface area contributed by atoms with Crippen molar-refractivity contribution in [2.75, 3.05) is 0 Å². The average molecular weight is 422 g/mol. The Morgan fingerprint density at radius 2 is 1.80 bits per heavy atom. The van der Waals surface area contributed by atoms with Crippen molar-refractivity contribution in [3.05, 3.63) is 93.6 Å². The molecule has 6 nitrogen and oxygen atoms in total. The number of nitrogens with one attached hydrogen (secondary N) is 2. The summed E-state index contributed by atoms with van der Waals surface area (Å²) in [4.78, 5) is 17.8. The van der Waals surface area contributed by atoms with Crippen molar-refractivity contribution in [3.63, 3.8) is 0 Å². The van der Waals surface area contributed by atoms with Crippen molar-refractivity contribution < 1.29 is 8.83 Å². The number of H-pyrrole nitrogens is 1. The summed E-state index contributed by atoms with van der Waals surface area (Å²) in [7, 11) is 0. The summed E-state index contributed by atoms with van der Waals surface area (Å²) in [6.07, 6.45) is 3.25. The number of nitrogens with zero attached hydrogens (tertiary/aromatic N) is 1. The Morgan fingerprint density at radius 3 is 2.50 bits per heavy atom. The van der Waals surface area contributed by atoms with Gasteiger partial charge in [0.05, 0.1) is 37.7 Å². The molecular weight excluding hydrogens is 398 g/mol. The molecule has 4 rings (SSSR count). The van der Waals surface area contributed by atoms with Crippen LogP contribution in [-0.4, -0.2) is 15.0 Å². The molecule has 1 aromatic carbocycles. The number of benzene rings is 1. The van der Waals surface area contributed by atoms with Gasteiger partial charge >= 0.3 is 0 Å². The van der Waals surface area contributed by atoms with Crippen LogP contribution >= 0.6 is 12.2 Å². The van der Waals surface area contributed by atoms with Crippen molar-refractivity contribution in [3.8, 4) is 0 Å². The van der Waals surface area contributed by atoms with Gasteiger partial charge < -0.3 is 24.0 Å². The van der Waals surface area contributed by atoms with Crippen LogP contribution in [0, 0.1) is 13.8 Å². The van der Waals surface area contributed by atoms with Crippen LogP contribution in [0.3, 0.4) is 0 Å². The van der Waals surface area contributed by atoms with Crippen LogP contribution in [0.2, 0.25) is 0 Å². The van der Waals surface area contributed by atoms with E-state index in [1.54, 1.807) is 12.5 Å². The van der Waals surface area contributed by atoms with Crippen LogP contribution in [-0.2, 0) is 19.6 Å². The number of aryl methyl sites for hydroxylation is 2. The zero-order chi connectivity index (χ0) is 21.1. The molecule has 2 N–H and O–H groups in total. The molecule has 0 bridgehead atoms. The minimum atomic E-state index is -0.116. The van der Waals surface area contributed by atoms with Crippen molar-refractivity contribution in [2.45, 2.75) is 33.5 Å². The van der Waals surface area contributed by atoms with Crippen molar-refractivity contribution in [1.82, 2.24) is 15.2 Å². The summed E-state index contributed by atoms with van der Waals surface area (Å²) in [6.45, 7) is 5.32. The fourth-order valence-electron chi connectivity index (χ4n) is 3.37. The smallest absolute Gasteiger partial charge is 0.253 e. The molecule has 0 aliphatic rings. The Balaban J connectivity index is 1.60. The highest BCUT2D eigenvalue weighted by atomic mass is 32.1. The number of fused-ring (bicyclic) bond motifs is 1. The lowest BCUT2D eigenvalue weighted by molar-refractivity contribution is 0.348. The average Bonchev–Trinajstić information content (AvgIpc) is 3.44. The lowest BCUT2D eigenvalue weighted by atomic mass is 10.0. The van der Waals surface area contributed by atoms with Gasteiger partial charge in [-0.2, -0.15) is 0 Å². The maximum Gasteiger partial charge on any atom is 0.253 e. The zero-order valence-corrected chi connectivity index (χ0v) is 17.7. The largest absolute Gasteiger partial charge is 0.467 e. The maximum absolute atomic E-state index is 12.8. The molecule has 0 fully saturated rings. The molecule has 0 saturated carbocycles. The van der Waals surface area contributed by atoms with E-state index in [0.717, 1.165) is 33.6 Å². The lowest BCUT2D eigenvalue weighted by Crippen LogP contribution is -2.39. The zero-order valence-electron chi connectivity index (χ0n) is 16.9. The predicted molar refractivity (Wildman–Crippen MR) is 120 cm³/mol. The molecule has 3 heterocycles. The molecule has 0 atom stereocenters. The second-order valence-electron chi connectivity index (χ2n) is 7.27. The Hall–Kier alpha value is -3.32. The van der Waals surface area contributed by atoms with Gasteiger partial charge in [0.1, 0.15) is 11.5 Å². The highest BCUT2D eigenvalue weighted by Gasteiger charge is 2.16. The summed E-state index contributed by atoms with van der Waals surface area (Å²) in [5, 5.41) is 4.72. The van der Waals surface area contributed by atoms with Crippen molar-refractivity contribution in [2.24, 2.45) is 0 Å². The monoisotopic (exact) mass is 421 g/mol. The molecule has 154 valence electrons. The van der Waals surface area contributed by atoms with E-state index in [1.807, 2.05) is 55.1 Å². The van der Waals surface area contributed by atoms with E-state index in [1.165, 1.54) is 0 Å². The van der Waals surface area contributed by atoms with Crippen LogP contribution in [0.4, 0.5) is 0 Å². The Bertz CT molecular complexity index is 1210. The fourth-order valence-corrected chi connectivity index (χ4v) is 3.57. The highest BCUT2D eigenvalue weighted by Crippen LogP contribution is 2.20. The number of furan rings is 2. The first kappa shape index (κ1) is 20.0. The molecule has 4 aromatic rings. The topological polar surface area (TPSA) is 74.4 Å². The van der Waals surface area contributed by atoms with E-state index >= 15 is 0 Å². The van der Waals surface area contributed by atoms with Gasteiger partial charge in [0.15, 0.2) is 5.11 Å². The lowest BCUT2D eigenvalue weighted by Gasteiger charge is -2.25. The summed E-state index contributed by atoms with van der Waals surface area (Å²) < 4.78 is 10.9. The maximum atomic E-state index is 12.8. The molecule has 0 aliphatic heterocycles. The first-order valence-corrected chi connectivity index (χ1v) is 10.1. The Kier molecular flexibility index (Phi) is 5.72. The highest BCUT2D eigenvalue weighted by molar-refractivity contribution is 7.80. The van der Waals surface area contributed by atoms with Gasteiger partial charge in [0.25, 0.3) is 5.56 Å². The number of aromatic amines is 1. The molecule has 30 heavy (non-hydrogen) atoms. The molecule has 0 radical (unpaired) electrons. The molecule has 0 saturated heterocycles. The summed E-state index contributed by atoms with van der Waals surface area (Å²) in [6, 6.07) is 13.5. The quantitative estimate of drug-likeness (QED) is 0.449. The van der Waals surface area contributed by atoms with Crippen LogP contribution in [0.5, 0.6) is 0 Å². The standard InChI is InChI=1S/C23H23N3O3S/c1-15-7-8-17-11-18(22(27)25-21(17)16(15)2)13-26(14-20-6-4-10-29-20)23(30)24-12-19-5-3-9-28-19/h3-11H,12-14H2,1-2H3,(H,24,30)(H,25,27). The van der Waals surface area contributed by atoms with Gasteiger partial charge in [-0.1, -0.05) is 12.1 Å². The third-order valence-corrected chi connectivity index (χ3v) is 5.60. The van der Waals surface area contributed by atoms with Crippen molar-refractivity contribution >= 4 is 28.2 Å². The molecule has 0 unspecified atom stereocenters. The molecule has 0 spiro atoms. The molecule has 0 aliphatic carbocycles. The first-order valence-electron chi connectivity index (χ1n) is 9.71. The van der Waals surface area contributed by atoms with E-state index in [-0.39, 0.29) is 5.56 Å². The van der Waals surface area contributed by atoms with Crippen LogP contribution in [0.15, 0.2) is 68.6 Å². The van der Waals surface area contributed by atoms with Gasteiger partial charge in [0, 0.05) is 5.56 Å². The van der Waals surface area contributed by atoms with Crippen LogP contribution in [0.25, 0.3) is 10.9 Å². The van der Waals surface area contributed by atoms with Crippen LogP contribution < -0.4 is 10.9 Å². The predicted octanol–water partition coefficient (Wildman–Crippen LogP) is 4.41. The van der Waals surface area contributed by atoms with E-state index in [4.69, 9.17) is 21.1 Å². The van der Waals surface area contributed by atoms with Crippen LogP contribution in [0.1, 0.15) is 28.2 Å². The van der Waals surface area contributed by atoms with Gasteiger partial charge in [-0.3, -0.25) is 4.79 Å². The minimum Gasteiger partial charge on any atom is -0.467 e. The number of rotatable bonds is 6. The summed E-state index contributed by atoms with van der Waals surface area (Å²) in [5.41, 5.74) is 3.63. The minimum absolute atomic E-state index is 0.116. The first-order chi connectivity index (χ1) is 14.5. The molecule has 3 aromatic heterocycles. The number of hydrogen-bond donors (Lipinski definition) is 2. The van der Waals surface area contributed by atoms with E-state index in [2.05, 4.69) is 16.4 Å². The molecule has 7 heteroatoms. The Labute approximate surface area is 179 Å². The second-order valence-corrected chi connectivity index (χ2v) is 7.66. The molecule has 0 amide bonds. The van der Waals surface area contributed by atoms with Gasteiger partial charge in [-0.25, -0.2) is 0 Å². The third-order valence-electron chi connectivity index (χ3n) is 5.20. The second kappa shape index (κ2) is 8.59.